The van der Waals surface area contributed by atoms with Crippen LogP contribution in [0.3, 0.4) is 0 Å². The van der Waals surface area contributed by atoms with Crippen LogP contribution in [0.1, 0.15) is 6.92 Å². The molecule has 6 nitrogen and oxygen atoms in total. The molecule has 9 heteroatoms. The van der Waals surface area contributed by atoms with Crippen LogP contribution in [0.5, 0.6) is 0 Å². The van der Waals surface area contributed by atoms with Crippen molar-refractivity contribution in [3.05, 3.63) is 0 Å². The van der Waals surface area contributed by atoms with Gasteiger partial charge in [0.15, 0.2) is 0 Å². The standard InChI is InChI=1S/C5H6O6.3Na/c1-5(2(6)7,3(8)9)4(10)11;;;/h1H3,(H,6,7)(H,8,9)(H,10,11);;;/q;3*+1/p-3. The van der Waals surface area contributed by atoms with Crippen molar-refractivity contribution in [2.75, 3.05) is 0 Å². The van der Waals surface area contributed by atoms with E-state index in [1.807, 2.05) is 0 Å². The first-order valence-corrected chi connectivity index (χ1v) is 2.47. The SMILES string of the molecule is CC(C(=O)[O-])(C(=O)[O-])C(=O)[O-].[Na+].[Na+].[Na+]. The van der Waals surface area contributed by atoms with Gasteiger partial charge in [-0.1, -0.05) is 0 Å². The predicted molar refractivity (Wildman–Crippen MR) is 23.1 cm³/mol. The smallest absolute Gasteiger partial charge is 0.549 e. The molecule has 0 heterocycles. The Morgan fingerprint density at radius 1 is 0.786 bits per heavy atom. The third-order valence-corrected chi connectivity index (χ3v) is 1.22. The van der Waals surface area contributed by atoms with Gasteiger partial charge < -0.3 is 29.7 Å². The monoisotopic (exact) mass is 228 g/mol. The normalized spacial score (nSPS) is 8.36. The van der Waals surface area contributed by atoms with Gasteiger partial charge in [-0.3, -0.25) is 0 Å². The second kappa shape index (κ2) is 9.62. The molecule has 0 bridgehead atoms. The van der Waals surface area contributed by atoms with E-state index in [4.69, 9.17) is 0 Å². The van der Waals surface area contributed by atoms with Gasteiger partial charge in [0.05, 0.1) is 23.3 Å². The zero-order chi connectivity index (χ0) is 9.23. The zero-order valence-electron chi connectivity index (χ0n) is 8.45. The average Bonchev–Trinajstić information content (AvgIpc) is 1.84. The Kier molecular flexibility index (Phi) is 16.9. The molecule has 62 valence electrons. The first-order chi connectivity index (χ1) is 4.83. The fourth-order valence-electron chi connectivity index (χ4n) is 0.250. The summed E-state index contributed by atoms with van der Waals surface area (Å²) in [5.41, 5.74) is -3.08. The summed E-state index contributed by atoms with van der Waals surface area (Å²) >= 11 is 0. The Morgan fingerprint density at radius 2 is 0.929 bits per heavy atom. The largest absolute Gasteiger partial charge is 1.00 e. The van der Waals surface area contributed by atoms with Crippen LogP contribution >= 0.6 is 0 Å². The molecule has 0 amide bonds. The summed E-state index contributed by atoms with van der Waals surface area (Å²) < 4.78 is 0. The quantitative estimate of drug-likeness (QED) is 0.349. The second-order valence-corrected chi connectivity index (χ2v) is 1.99. The minimum atomic E-state index is -3.08. The molecule has 0 atom stereocenters. The van der Waals surface area contributed by atoms with Gasteiger partial charge in [0.2, 0.25) is 0 Å². The molecule has 14 heavy (non-hydrogen) atoms. The van der Waals surface area contributed by atoms with E-state index >= 15 is 0 Å². The molecule has 0 spiro atoms. The number of rotatable bonds is 3. The van der Waals surface area contributed by atoms with E-state index in [2.05, 4.69) is 0 Å². The molecule has 0 aliphatic carbocycles. The van der Waals surface area contributed by atoms with Crippen LogP contribution in [-0.2, 0) is 14.4 Å². The Labute approximate surface area is 146 Å². The predicted octanol–water partition coefficient (Wildman–Crippen LogP) is -13.7. The van der Waals surface area contributed by atoms with Crippen molar-refractivity contribution in [1.82, 2.24) is 0 Å². The van der Waals surface area contributed by atoms with Crippen LogP contribution in [0, 0.1) is 5.41 Å². The first kappa shape index (κ1) is 24.6. The van der Waals surface area contributed by atoms with Gasteiger partial charge in [-0.15, -0.1) is 0 Å². The van der Waals surface area contributed by atoms with Crippen molar-refractivity contribution in [1.29, 1.82) is 0 Å². The third-order valence-electron chi connectivity index (χ3n) is 1.22. The minimum absolute atomic E-state index is 0. The van der Waals surface area contributed by atoms with Crippen molar-refractivity contribution in [3.8, 4) is 0 Å². The van der Waals surface area contributed by atoms with E-state index in [0.717, 1.165) is 0 Å². The van der Waals surface area contributed by atoms with E-state index < -0.39 is 23.3 Å². The topological polar surface area (TPSA) is 120 Å². The van der Waals surface area contributed by atoms with E-state index in [0.29, 0.717) is 6.92 Å². The van der Waals surface area contributed by atoms with Crippen LogP contribution in [-0.4, -0.2) is 17.9 Å². The van der Waals surface area contributed by atoms with E-state index in [1.165, 1.54) is 0 Å². The number of hydrogen-bond acceptors (Lipinski definition) is 6. The number of carboxylic acid groups (broad SMARTS) is 3. The molecule has 0 unspecified atom stereocenters. The molecule has 0 aromatic carbocycles. The summed E-state index contributed by atoms with van der Waals surface area (Å²) in [6.45, 7) is 0.424. The molecule has 0 rings (SSSR count). The summed E-state index contributed by atoms with van der Waals surface area (Å²) in [7, 11) is 0. The third kappa shape index (κ3) is 5.48. The summed E-state index contributed by atoms with van der Waals surface area (Å²) in [4.78, 5) is 29.9. The second-order valence-electron chi connectivity index (χ2n) is 1.99. The maximum Gasteiger partial charge on any atom is 1.00 e. The molecule has 0 aromatic rings. The molecule has 0 aromatic heterocycles. The molecule has 0 saturated heterocycles. The fourth-order valence-corrected chi connectivity index (χ4v) is 0.250. The number of carbonyl (C=O) groups is 3. The van der Waals surface area contributed by atoms with Gasteiger partial charge >= 0.3 is 88.7 Å². The zero-order valence-corrected chi connectivity index (χ0v) is 14.4. The Balaban J connectivity index is -0.000000167. The number of hydrogen-bond donors (Lipinski definition) is 0. The fraction of sp³-hybridized carbons (Fsp3) is 0.400. The molecule has 0 aliphatic rings. The maximum atomic E-state index is 9.95. The molecule has 0 saturated carbocycles. The van der Waals surface area contributed by atoms with Gasteiger partial charge in [0.25, 0.3) is 0 Å². The molecule has 0 radical (unpaired) electrons. The van der Waals surface area contributed by atoms with Crippen molar-refractivity contribution < 1.29 is 118 Å². The number of aliphatic carboxylic acids is 3. The minimum Gasteiger partial charge on any atom is -0.549 e. The van der Waals surface area contributed by atoms with E-state index in [9.17, 15) is 29.7 Å². The Hall–Kier alpha value is 1.41. The van der Waals surface area contributed by atoms with Crippen molar-refractivity contribution in [2.24, 2.45) is 5.41 Å². The summed E-state index contributed by atoms with van der Waals surface area (Å²) in [6.07, 6.45) is 0. The summed E-state index contributed by atoms with van der Waals surface area (Å²) in [6, 6.07) is 0. The Morgan fingerprint density at radius 3 is 0.929 bits per heavy atom. The van der Waals surface area contributed by atoms with Crippen LogP contribution in [0.25, 0.3) is 0 Å². The van der Waals surface area contributed by atoms with Gasteiger partial charge in [-0.05, 0) is 6.92 Å². The van der Waals surface area contributed by atoms with Crippen molar-refractivity contribution in [2.45, 2.75) is 6.92 Å². The number of carboxylic acids is 3. The molecule has 0 aliphatic heterocycles. The van der Waals surface area contributed by atoms with Crippen molar-refractivity contribution >= 4 is 17.9 Å². The number of carbonyl (C=O) groups excluding carboxylic acids is 3. The molecule has 0 N–H and O–H groups in total. The molecule has 0 fully saturated rings. The first-order valence-electron chi connectivity index (χ1n) is 2.47. The van der Waals surface area contributed by atoms with Crippen molar-refractivity contribution in [3.63, 3.8) is 0 Å². The summed E-state index contributed by atoms with van der Waals surface area (Å²) in [5.74, 6) is -6.80. The maximum absolute atomic E-state index is 9.95. The van der Waals surface area contributed by atoms with Crippen LogP contribution in [0.2, 0.25) is 0 Å². The van der Waals surface area contributed by atoms with Gasteiger partial charge in [-0.25, -0.2) is 0 Å². The molecular formula is C5H3Na3O6. The van der Waals surface area contributed by atoms with Gasteiger partial charge in [0, 0.05) is 0 Å². The van der Waals surface area contributed by atoms with Gasteiger partial charge in [-0.2, -0.15) is 0 Å². The average molecular weight is 228 g/mol. The van der Waals surface area contributed by atoms with Crippen LogP contribution < -0.4 is 104 Å². The van der Waals surface area contributed by atoms with E-state index in [1.54, 1.807) is 0 Å². The van der Waals surface area contributed by atoms with Crippen LogP contribution in [0.4, 0.5) is 0 Å². The van der Waals surface area contributed by atoms with Gasteiger partial charge in [0.1, 0.15) is 0 Å². The molecular weight excluding hydrogens is 225 g/mol. The summed E-state index contributed by atoms with van der Waals surface area (Å²) in [5, 5.41) is 29.9. The van der Waals surface area contributed by atoms with E-state index in [-0.39, 0.29) is 88.7 Å². The Bertz CT molecular complexity index is 191. The van der Waals surface area contributed by atoms with Crippen LogP contribution in [0.15, 0.2) is 0 Å².